The van der Waals surface area contributed by atoms with E-state index in [0.717, 1.165) is 37.1 Å². The molecule has 2 amide bonds. The molecular formula is C20H20F3N3O2. The number of urea groups is 1. The van der Waals surface area contributed by atoms with Crippen molar-refractivity contribution in [3.63, 3.8) is 0 Å². The summed E-state index contributed by atoms with van der Waals surface area (Å²) < 4.78 is 43.8. The molecule has 2 aromatic carbocycles. The smallest absolute Gasteiger partial charge is 0.367 e. The fourth-order valence-electron chi connectivity index (χ4n) is 3.66. The molecule has 3 aliphatic heterocycles. The van der Waals surface area contributed by atoms with Crippen molar-refractivity contribution < 1.29 is 22.7 Å². The zero-order valence-electron chi connectivity index (χ0n) is 15.0. The Labute approximate surface area is 160 Å². The van der Waals surface area contributed by atoms with Gasteiger partial charge in [0.25, 0.3) is 0 Å². The third kappa shape index (κ3) is 3.83. The Morgan fingerprint density at radius 2 is 1.64 bits per heavy atom. The predicted octanol–water partition coefficient (Wildman–Crippen LogP) is 4.33. The van der Waals surface area contributed by atoms with Gasteiger partial charge in [-0.2, -0.15) is 13.2 Å². The van der Waals surface area contributed by atoms with Crippen molar-refractivity contribution in [3.05, 3.63) is 59.7 Å². The molecule has 3 aliphatic rings. The number of carbonyl (C=O) groups excluding carboxylic acids is 1. The summed E-state index contributed by atoms with van der Waals surface area (Å²) in [5.74, 6) is 0. The van der Waals surface area contributed by atoms with E-state index in [-0.39, 0.29) is 11.3 Å². The van der Waals surface area contributed by atoms with Crippen molar-refractivity contribution in [2.75, 3.05) is 23.8 Å². The van der Waals surface area contributed by atoms with Crippen LogP contribution in [-0.4, -0.2) is 25.2 Å². The fraction of sp³-hybridized carbons (Fsp3) is 0.350. The molecule has 2 aromatic rings. The number of anilines is 2. The normalized spacial score (nSPS) is 24.0. The Kier molecular flexibility index (Phi) is 4.76. The van der Waals surface area contributed by atoms with Gasteiger partial charge in [0.2, 0.25) is 0 Å². The highest BCUT2D eigenvalue weighted by Gasteiger charge is 2.42. The van der Waals surface area contributed by atoms with Crippen LogP contribution in [-0.2, 0) is 16.5 Å². The molecule has 0 spiro atoms. The lowest BCUT2D eigenvalue weighted by Gasteiger charge is -2.47. The van der Waals surface area contributed by atoms with Gasteiger partial charge in [0.05, 0.1) is 12.2 Å². The molecule has 0 radical (unpaired) electrons. The van der Waals surface area contributed by atoms with Gasteiger partial charge in [0.1, 0.15) is 5.60 Å². The SMILES string of the molecule is O=C(Nc1ccc(C(F)(F)F)cc1)Nc1ccc(C23CCC(CO2)NC3)cc1. The van der Waals surface area contributed by atoms with Gasteiger partial charge in [0.15, 0.2) is 0 Å². The van der Waals surface area contributed by atoms with E-state index in [1.165, 1.54) is 12.1 Å². The van der Waals surface area contributed by atoms with Gasteiger partial charge >= 0.3 is 12.2 Å². The highest BCUT2D eigenvalue weighted by molar-refractivity contribution is 5.99. The zero-order chi connectivity index (χ0) is 19.8. The summed E-state index contributed by atoms with van der Waals surface area (Å²) in [6, 6.07) is 11.7. The largest absolute Gasteiger partial charge is 0.416 e. The molecule has 8 heteroatoms. The number of hydrogen-bond acceptors (Lipinski definition) is 3. The van der Waals surface area contributed by atoms with E-state index in [0.29, 0.717) is 18.3 Å². The number of alkyl halides is 3. The Balaban J connectivity index is 1.37. The van der Waals surface area contributed by atoms with Crippen LogP contribution in [0.1, 0.15) is 24.0 Å². The minimum Gasteiger partial charge on any atom is -0.367 e. The molecule has 5 nitrogen and oxygen atoms in total. The molecule has 5 rings (SSSR count). The van der Waals surface area contributed by atoms with Gasteiger partial charge in [-0.25, -0.2) is 4.79 Å². The molecule has 0 aromatic heterocycles. The Bertz CT molecular complexity index is 829. The first-order valence-corrected chi connectivity index (χ1v) is 9.07. The first kappa shape index (κ1) is 18.8. The zero-order valence-corrected chi connectivity index (χ0v) is 15.0. The van der Waals surface area contributed by atoms with Crippen LogP contribution >= 0.6 is 0 Å². The molecule has 3 heterocycles. The second-order valence-corrected chi connectivity index (χ2v) is 7.15. The number of fused-ring (bicyclic) bond motifs is 3. The van der Waals surface area contributed by atoms with E-state index >= 15 is 0 Å². The van der Waals surface area contributed by atoms with Gasteiger partial charge < -0.3 is 20.7 Å². The molecule has 0 saturated carbocycles. The summed E-state index contributed by atoms with van der Waals surface area (Å²) in [5, 5.41) is 8.67. The summed E-state index contributed by atoms with van der Waals surface area (Å²) in [7, 11) is 0. The van der Waals surface area contributed by atoms with E-state index in [1.54, 1.807) is 12.1 Å². The minimum absolute atomic E-state index is 0.277. The van der Waals surface area contributed by atoms with Crippen molar-refractivity contribution in [2.24, 2.45) is 0 Å². The second-order valence-electron chi connectivity index (χ2n) is 7.15. The number of piperidine rings is 1. The van der Waals surface area contributed by atoms with Crippen molar-refractivity contribution in [1.82, 2.24) is 5.32 Å². The second kappa shape index (κ2) is 7.10. The van der Waals surface area contributed by atoms with Crippen LogP contribution in [0.15, 0.2) is 48.5 Å². The average molecular weight is 391 g/mol. The van der Waals surface area contributed by atoms with Crippen molar-refractivity contribution >= 4 is 17.4 Å². The van der Waals surface area contributed by atoms with Crippen LogP contribution in [0, 0.1) is 0 Å². The van der Waals surface area contributed by atoms with Crippen LogP contribution in [0.4, 0.5) is 29.3 Å². The molecule has 2 atom stereocenters. The van der Waals surface area contributed by atoms with Crippen LogP contribution in [0.3, 0.4) is 0 Å². The number of carbonyl (C=O) groups is 1. The number of halogens is 3. The van der Waals surface area contributed by atoms with E-state index in [9.17, 15) is 18.0 Å². The Morgan fingerprint density at radius 1 is 1.04 bits per heavy atom. The Hall–Kier alpha value is -2.58. The number of ether oxygens (including phenoxy) is 1. The predicted molar refractivity (Wildman–Crippen MR) is 99.2 cm³/mol. The summed E-state index contributed by atoms with van der Waals surface area (Å²) in [4.78, 5) is 12.1. The lowest BCUT2D eigenvalue weighted by molar-refractivity contribution is -0.137. The summed E-state index contributed by atoms with van der Waals surface area (Å²) in [5.41, 5.74) is 0.852. The topological polar surface area (TPSA) is 62.4 Å². The number of morpholine rings is 1. The number of nitrogens with one attached hydrogen (secondary N) is 3. The van der Waals surface area contributed by atoms with Gasteiger partial charge in [-0.05, 0) is 54.8 Å². The van der Waals surface area contributed by atoms with E-state index < -0.39 is 17.8 Å². The van der Waals surface area contributed by atoms with E-state index in [2.05, 4.69) is 16.0 Å². The maximum Gasteiger partial charge on any atom is 0.416 e. The molecule has 28 heavy (non-hydrogen) atoms. The number of rotatable bonds is 3. The summed E-state index contributed by atoms with van der Waals surface area (Å²) >= 11 is 0. The molecule has 2 unspecified atom stereocenters. The van der Waals surface area contributed by atoms with Gasteiger partial charge in [0, 0.05) is 24.0 Å². The quantitative estimate of drug-likeness (QED) is 0.730. The van der Waals surface area contributed by atoms with E-state index in [1.807, 2.05) is 12.1 Å². The highest BCUT2D eigenvalue weighted by Crippen LogP contribution is 2.38. The lowest BCUT2D eigenvalue weighted by atomic mass is 9.81. The first-order valence-electron chi connectivity index (χ1n) is 9.07. The maximum absolute atomic E-state index is 12.6. The van der Waals surface area contributed by atoms with Gasteiger partial charge in [-0.15, -0.1) is 0 Å². The van der Waals surface area contributed by atoms with Gasteiger partial charge in [-0.1, -0.05) is 12.1 Å². The summed E-state index contributed by atoms with van der Waals surface area (Å²) in [6.45, 7) is 1.48. The molecular weight excluding hydrogens is 371 g/mol. The number of benzene rings is 2. The van der Waals surface area contributed by atoms with Crippen LogP contribution in [0.2, 0.25) is 0 Å². The first-order chi connectivity index (χ1) is 13.3. The number of amides is 2. The maximum atomic E-state index is 12.6. The van der Waals surface area contributed by atoms with Crippen molar-refractivity contribution in [3.8, 4) is 0 Å². The number of hydrogen-bond donors (Lipinski definition) is 3. The lowest BCUT2D eigenvalue weighted by Crippen LogP contribution is -2.57. The van der Waals surface area contributed by atoms with Crippen molar-refractivity contribution in [1.29, 1.82) is 0 Å². The molecule has 3 saturated heterocycles. The van der Waals surface area contributed by atoms with Crippen molar-refractivity contribution in [2.45, 2.75) is 30.7 Å². The highest BCUT2D eigenvalue weighted by atomic mass is 19.4. The fourth-order valence-corrected chi connectivity index (χ4v) is 3.66. The monoisotopic (exact) mass is 391 g/mol. The van der Waals surface area contributed by atoms with E-state index in [4.69, 9.17) is 4.74 Å². The van der Waals surface area contributed by atoms with Gasteiger partial charge in [-0.3, -0.25) is 0 Å². The minimum atomic E-state index is -4.40. The van der Waals surface area contributed by atoms with Crippen LogP contribution < -0.4 is 16.0 Å². The molecule has 148 valence electrons. The van der Waals surface area contributed by atoms with Crippen LogP contribution in [0.5, 0.6) is 0 Å². The molecule has 2 bridgehead atoms. The summed E-state index contributed by atoms with van der Waals surface area (Å²) in [6.07, 6.45) is -2.36. The molecule has 3 fully saturated rings. The third-order valence-electron chi connectivity index (χ3n) is 5.27. The molecule has 3 N–H and O–H groups in total. The van der Waals surface area contributed by atoms with Crippen LogP contribution in [0.25, 0.3) is 0 Å². The Morgan fingerprint density at radius 3 is 2.11 bits per heavy atom. The molecule has 0 aliphatic carbocycles. The third-order valence-corrected chi connectivity index (χ3v) is 5.27. The standard InChI is InChI=1S/C20H20F3N3O2/c21-20(22,23)14-3-7-16(8-4-14)26-18(27)25-15-5-1-13(2-6-15)19-10-9-17(11-28-19)24-12-19/h1-8,17,24H,9-12H2,(H2,25,26,27). The average Bonchev–Trinajstić information content (AvgIpc) is 2.69.